The summed E-state index contributed by atoms with van der Waals surface area (Å²) in [6.07, 6.45) is 2.57. The fourth-order valence-electron chi connectivity index (χ4n) is 3.29. The maximum Gasteiger partial charge on any atom is 0.251 e. The van der Waals surface area contributed by atoms with E-state index < -0.39 is 0 Å². The molecular formula is C27H36N8O3. The number of anilines is 4. The van der Waals surface area contributed by atoms with Crippen molar-refractivity contribution in [1.82, 2.24) is 20.3 Å². The number of carbonyl (C=O) groups is 1. The molecule has 0 saturated carbocycles. The summed E-state index contributed by atoms with van der Waals surface area (Å²) in [7, 11) is 0. The second kappa shape index (κ2) is 16.6. The molecule has 1 aromatic heterocycles. The zero-order chi connectivity index (χ0) is 26.8. The summed E-state index contributed by atoms with van der Waals surface area (Å²) in [5.41, 5.74) is 7.85. The zero-order valence-corrected chi connectivity index (χ0v) is 21.5. The van der Waals surface area contributed by atoms with Crippen LogP contribution in [-0.4, -0.2) is 73.5 Å². The molecule has 202 valence electrons. The van der Waals surface area contributed by atoms with E-state index in [1.165, 1.54) is 5.56 Å². The van der Waals surface area contributed by atoms with Gasteiger partial charge in [0, 0.05) is 37.4 Å². The fraction of sp³-hybridized carbons (Fsp3) is 0.333. The first-order valence-corrected chi connectivity index (χ1v) is 12.6. The first kappa shape index (κ1) is 28.5. The van der Waals surface area contributed by atoms with E-state index in [1.807, 2.05) is 18.2 Å². The molecule has 3 aromatic rings. The largest absolute Gasteiger partial charge is 0.378 e. The molecule has 3 rings (SSSR count). The topological polar surface area (TPSA) is 148 Å². The number of amides is 1. The number of nitrogens with zero attached hydrogens (tertiary/aromatic N) is 3. The molecule has 0 spiro atoms. The lowest BCUT2D eigenvalue weighted by Gasteiger charge is -2.11. The van der Waals surface area contributed by atoms with Gasteiger partial charge in [-0.05, 0) is 36.2 Å². The number of carbonyl (C=O) groups excluding carboxylic acids is 1. The Morgan fingerprint density at radius 2 is 1.53 bits per heavy atom. The van der Waals surface area contributed by atoms with E-state index in [0.29, 0.717) is 76.0 Å². The number of ether oxygens (including phenoxy) is 2. The van der Waals surface area contributed by atoms with E-state index in [9.17, 15) is 4.79 Å². The van der Waals surface area contributed by atoms with E-state index in [1.54, 1.807) is 30.3 Å². The van der Waals surface area contributed by atoms with E-state index >= 15 is 0 Å². The second-order valence-electron chi connectivity index (χ2n) is 8.11. The van der Waals surface area contributed by atoms with E-state index in [2.05, 4.69) is 54.9 Å². The monoisotopic (exact) mass is 520 g/mol. The van der Waals surface area contributed by atoms with Crippen molar-refractivity contribution in [1.29, 1.82) is 0 Å². The molecular weight excluding hydrogens is 484 g/mol. The molecule has 0 saturated heterocycles. The molecule has 2 aromatic carbocycles. The number of hydrogen-bond donors (Lipinski definition) is 5. The second-order valence-corrected chi connectivity index (χ2v) is 8.11. The van der Waals surface area contributed by atoms with Crippen LogP contribution in [0.15, 0.2) is 67.3 Å². The van der Waals surface area contributed by atoms with Crippen molar-refractivity contribution >= 4 is 29.4 Å². The first-order valence-electron chi connectivity index (χ1n) is 12.6. The van der Waals surface area contributed by atoms with Gasteiger partial charge in [-0.1, -0.05) is 36.4 Å². The van der Waals surface area contributed by atoms with Crippen LogP contribution in [0.5, 0.6) is 0 Å². The standard InChI is InChI=1S/C27H36N8O3/c1-2-14-30-25-33-26(31-15-12-21-6-4-3-5-7-21)35-27(34-25)32-23-10-8-22(9-11-23)24(36)29-16-18-38-20-19-37-17-13-28/h2-11H,1,12-20,28H2,(H,29,36)(H3,30,31,32,33,34,35). The Morgan fingerprint density at radius 3 is 2.24 bits per heavy atom. The molecule has 0 aliphatic carbocycles. The number of aromatic nitrogens is 3. The summed E-state index contributed by atoms with van der Waals surface area (Å²) in [5, 5.41) is 12.4. The number of nitrogens with one attached hydrogen (secondary N) is 4. The van der Waals surface area contributed by atoms with E-state index in [4.69, 9.17) is 15.2 Å². The average Bonchev–Trinajstić information content (AvgIpc) is 2.94. The van der Waals surface area contributed by atoms with Gasteiger partial charge >= 0.3 is 0 Å². The maximum absolute atomic E-state index is 12.4. The van der Waals surface area contributed by atoms with Gasteiger partial charge in [-0.15, -0.1) is 6.58 Å². The third-order valence-corrected chi connectivity index (χ3v) is 5.15. The van der Waals surface area contributed by atoms with Crippen molar-refractivity contribution < 1.29 is 14.3 Å². The molecule has 38 heavy (non-hydrogen) atoms. The molecule has 0 bridgehead atoms. The molecule has 6 N–H and O–H groups in total. The molecule has 1 heterocycles. The summed E-state index contributed by atoms with van der Waals surface area (Å²) in [4.78, 5) is 25.8. The number of benzene rings is 2. The highest BCUT2D eigenvalue weighted by molar-refractivity contribution is 5.94. The van der Waals surface area contributed by atoms with Crippen LogP contribution in [0, 0.1) is 0 Å². The molecule has 11 heteroatoms. The van der Waals surface area contributed by atoms with Crippen molar-refractivity contribution in [3.05, 3.63) is 78.4 Å². The summed E-state index contributed by atoms with van der Waals surface area (Å²) in [6, 6.07) is 17.3. The molecule has 0 aliphatic heterocycles. The number of rotatable bonds is 18. The minimum absolute atomic E-state index is 0.180. The van der Waals surface area contributed by atoms with Crippen molar-refractivity contribution in [2.45, 2.75) is 6.42 Å². The van der Waals surface area contributed by atoms with Gasteiger partial charge in [-0.2, -0.15) is 15.0 Å². The number of hydrogen-bond acceptors (Lipinski definition) is 10. The Balaban J connectivity index is 1.51. The minimum atomic E-state index is -0.180. The van der Waals surface area contributed by atoms with Crippen LogP contribution in [0.4, 0.5) is 23.5 Å². The van der Waals surface area contributed by atoms with Crippen molar-refractivity contribution in [3.63, 3.8) is 0 Å². The van der Waals surface area contributed by atoms with Crippen LogP contribution in [-0.2, 0) is 15.9 Å². The van der Waals surface area contributed by atoms with E-state index in [-0.39, 0.29) is 5.91 Å². The van der Waals surface area contributed by atoms with E-state index in [0.717, 1.165) is 12.1 Å². The lowest BCUT2D eigenvalue weighted by atomic mass is 10.1. The van der Waals surface area contributed by atoms with Crippen molar-refractivity contribution in [2.24, 2.45) is 5.73 Å². The number of nitrogens with two attached hydrogens (primary N) is 1. The Bertz CT molecular complexity index is 1110. The Hall–Kier alpha value is -4.06. The van der Waals surface area contributed by atoms with Crippen LogP contribution in [0.25, 0.3) is 0 Å². The minimum Gasteiger partial charge on any atom is -0.378 e. The molecule has 0 fully saturated rings. The van der Waals surface area contributed by atoms with Crippen LogP contribution < -0.4 is 27.0 Å². The SMILES string of the molecule is C=CCNc1nc(NCCc2ccccc2)nc(Nc2ccc(C(=O)NCCOCCOCCN)cc2)n1. The van der Waals surface area contributed by atoms with Crippen molar-refractivity contribution in [2.75, 3.05) is 68.6 Å². The lowest BCUT2D eigenvalue weighted by molar-refractivity contribution is 0.0511. The summed E-state index contributed by atoms with van der Waals surface area (Å²) in [6.45, 7) is 7.66. The highest BCUT2D eigenvalue weighted by Gasteiger charge is 2.09. The average molecular weight is 521 g/mol. The smallest absolute Gasteiger partial charge is 0.251 e. The Morgan fingerprint density at radius 1 is 0.842 bits per heavy atom. The Labute approximate surface area is 223 Å². The zero-order valence-electron chi connectivity index (χ0n) is 21.5. The normalized spacial score (nSPS) is 10.6. The fourth-order valence-corrected chi connectivity index (χ4v) is 3.29. The van der Waals surface area contributed by atoms with Gasteiger partial charge in [0.2, 0.25) is 17.8 Å². The third-order valence-electron chi connectivity index (χ3n) is 5.15. The first-order chi connectivity index (χ1) is 18.7. The van der Waals surface area contributed by atoms with Gasteiger partial charge < -0.3 is 36.5 Å². The maximum atomic E-state index is 12.4. The molecule has 11 nitrogen and oxygen atoms in total. The Kier molecular flexibility index (Phi) is 12.5. The molecule has 0 aliphatic rings. The lowest BCUT2D eigenvalue weighted by Crippen LogP contribution is -2.27. The van der Waals surface area contributed by atoms with Crippen LogP contribution in [0.2, 0.25) is 0 Å². The summed E-state index contributed by atoms with van der Waals surface area (Å²) < 4.78 is 10.6. The summed E-state index contributed by atoms with van der Waals surface area (Å²) in [5.74, 6) is 1.07. The predicted molar refractivity (Wildman–Crippen MR) is 150 cm³/mol. The van der Waals surface area contributed by atoms with Crippen LogP contribution >= 0.6 is 0 Å². The van der Waals surface area contributed by atoms with Gasteiger partial charge in [-0.25, -0.2) is 0 Å². The van der Waals surface area contributed by atoms with Gasteiger partial charge in [0.15, 0.2) is 0 Å². The highest BCUT2D eigenvalue weighted by Crippen LogP contribution is 2.17. The van der Waals surface area contributed by atoms with Gasteiger partial charge in [0.05, 0.1) is 26.4 Å². The quantitative estimate of drug-likeness (QED) is 0.125. The molecule has 0 radical (unpaired) electrons. The van der Waals surface area contributed by atoms with Gasteiger partial charge in [-0.3, -0.25) is 4.79 Å². The predicted octanol–water partition coefficient (Wildman–Crippen LogP) is 2.59. The van der Waals surface area contributed by atoms with Crippen LogP contribution in [0.1, 0.15) is 15.9 Å². The van der Waals surface area contributed by atoms with Crippen molar-refractivity contribution in [3.8, 4) is 0 Å². The highest BCUT2D eigenvalue weighted by atomic mass is 16.5. The third kappa shape index (κ3) is 10.5. The summed E-state index contributed by atoms with van der Waals surface area (Å²) >= 11 is 0. The van der Waals surface area contributed by atoms with Gasteiger partial charge in [0.1, 0.15) is 0 Å². The van der Waals surface area contributed by atoms with Gasteiger partial charge in [0.25, 0.3) is 5.91 Å². The molecule has 1 amide bonds. The molecule has 0 unspecified atom stereocenters. The van der Waals surface area contributed by atoms with Crippen LogP contribution in [0.3, 0.4) is 0 Å². The molecule has 0 atom stereocenters.